The summed E-state index contributed by atoms with van der Waals surface area (Å²) in [5.41, 5.74) is 4.65. The second-order valence-electron chi connectivity index (χ2n) is 6.52. The van der Waals surface area contributed by atoms with Crippen LogP contribution in [0.4, 0.5) is 0 Å². The zero-order valence-corrected chi connectivity index (χ0v) is 14.3. The maximum atomic E-state index is 4.99. The molecule has 0 aliphatic carbocycles. The van der Waals surface area contributed by atoms with Crippen molar-refractivity contribution in [2.75, 3.05) is 0 Å². The summed E-state index contributed by atoms with van der Waals surface area (Å²) >= 11 is 0. The first-order valence-corrected chi connectivity index (χ1v) is 8.87. The minimum Gasteiger partial charge on any atom is -0.319 e. The van der Waals surface area contributed by atoms with E-state index >= 15 is 0 Å². The first kappa shape index (κ1) is 14.9. The number of imidazole rings is 1. The molecule has 0 atom stereocenters. The lowest BCUT2D eigenvalue weighted by atomic mass is 10.0. The number of fused-ring (bicyclic) bond motifs is 2. The molecule has 0 radical (unpaired) electrons. The average molecular weight is 334 g/mol. The molecule has 1 aromatic heterocycles. The van der Waals surface area contributed by atoms with Crippen molar-refractivity contribution in [2.45, 2.75) is 6.54 Å². The van der Waals surface area contributed by atoms with Crippen LogP contribution in [0.1, 0.15) is 5.56 Å². The highest BCUT2D eigenvalue weighted by molar-refractivity contribution is 5.96. The van der Waals surface area contributed by atoms with E-state index < -0.39 is 0 Å². The van der Waals surface area contributed by atoms with Crippen LogP contribution in [-0.4, -0.2) is 9.55 Å². The van der Waals surface area contributed by atoms with Crippen molar-refractivity contribution in [2.24, 2.45) is 0 Å². The van der Waals surface area contributed by atoms with Crippen molar-refractivity contribution in [1.82, 2.24) is 9.55 Å². The predicted molar refractivity (Wildman–Crippen MR) is 108 cm³/mol. The van der Waals surface area contributed by atoms with E-state index in [1.54, 1.807) is 0 Å². The molecule has 1 heterocycles. The monoisotopic (exact) mass is 334 g/mol. The molecule has 0 bridgehead atoms. The summed E-state index contributed by atoms with van der Waals surface area (Å²) in [6, 6.07) is 33.9. The average Bonchev–Trinajstić information content (AvgIpc) is 3.07. The molecule has 0 spiro atoms. The number of rotatable bonds is 3. The van der Waals surface area contributed by atoms with Crippen molar-refractivity contribution in [1.29, 1.82) is 0 Å². The molecule has 0 aliphatic heterocycles. The summed E-state index contributed by atoms with van der Waals surface area (Å²) in [5, 5.41) is 2.47. The fourth-order valence-electron chi connectivity index (χ4n) is 3.63. The van der Waals surface area contributed by atoms with Gasteiger partial charge < -0.3 is 4.57 Å². The molecule has 0 amide bonds. The molecule has 26 heavy (non-hydrogen) atoms. The zero-order valence-electron chi connectivity index (χ0n) is 14.3. The van der Waals surface area contributed by atoms with Gasteiger partial charge in [-0.2, -0.15) is 0 Å². The standard InChI is InChI=1S/C24H18N2/c1-2-9-18(10-3-1)17-26-23-16-7-6-15-22(23)25-24(26)21-14-8-12-19-11-4-5-13-20(19)21/h1-16H,17H2. The normalized spacial score (nSPS) is 11.2. The van der Waals surface area contributed by atoms with E-state index in [0.29, 0.717) is 0 Å². The third-order valence-electron chi connectivity index (χ3n) is 4.87. The highest BCUT2D eigenvalue weighted by Gasteiger charge is 2.14. The fraction of sp³-hybridized carbons (Fsp3) is 0.0417. The molecule has 0 unspecified atom stereocenters. The molecule has 5 rings (SSSR count). The van der Waals surface area contributed by atoms with Crippen molar-refractivity contribution in [3.05, 3.63) is 103 Å². The minimum atomic E-state index is 0.805. The maximum absolute atomic E-state index is 4.99. The van der Waals surface area contributed by atoms with Crippen LogP contribution in [0.15, 0.2) is 97.1 Å². The molecular weight excluding hydrogens is 316 g/mol. The molecule has 0 saturated carbocycles. The third kappa shape index (κ3) is 2.47. The Morgan fingerprint density at radius 3 is 2.31 bits per heavy atom. The Hall–Kier alpha value is -3.39. The molecule has 2 nitrogen and oxygen atoms in total. The van der Waals surface area contributed by atoms with Crippen LogP contribution in [0, 0.1) is 0 Å². The Morgan fingerprint density at radius 1 is 0.654 bits per heavy atom. The largest absolute Gasteiger partial charge is 0.319 e. The summed E-state index contributed by atoms with van der Waals surface area (Å²) < 4.78 is 2.33. The van der Waals surface area contributed by atoms with E-state index in [4.69, 9.17) is 4.98 Å². The van der Waals surface area contributed by atoms with Crippen LogP contribution >= 0.6 is 0 Å². The lowest BCUT2D eigenvalue weighted by molar-refractivity contribution is 0.835. The summed E-state index contributed by atoms with van der Waals surface area (Å²) in [4.78, 5) is 4.99. The molecule has 0 fully saturated rings. The number of hydrogen-bond acceptors (Lipinski definition) is 1. The molecule has 4 aromatic carbocycles. The van der Waals surface area contributed by atoms with Crippen molar-refractivity contribution >= 4 is 21.8 Å². The first-order valence-electron chi connectivity index (χ1n) is 8.87. The van der Waals surface area contributed by atoms with Crippen LogP contribution in [0.5, 0.6) is 0 Å². The second kappa shape index (κ2) is 6.16. The van der Waals surface area contributed by atoms with Crippen LogP contribution < -0.4 is 0 Å². The number of aromatic nitrogens is 2. The van der Waals surface area contributed by atoms with Crippen molar-refractivity contribution < 1.29 is 0 Å². The van der Waals surface area contributed by atoms with Gasteiger partial charge in [0.25, 0.3) is 0 Å². The summed E-state index contributed by atoms with van der Waals surface area (Å²) in [6.07, 6.45) is 0. The number of benzene rings is 4. The van der Waals surface area contributed by atoms with Gasteiger partial charge in [-0.25, -0.2) is 4.98 Å². The van der Waals surface area contributed by atoms with Gasteiger partial charge in [0.1, 0.15) is 5.82 Å². The Kier molecular flexibility index (Phi) is 3.53. The van der Waals surface area contributed by atoms with Gasteiger partial charge in [-0.15, -0.1) is 0 Å². The van der Waals surface area contributed by atoms with E-state index in [1.807, 2.05) is 0 Å². The predicted octanol–water partition coefficient (Wildman–Crippen LogP) is 5.90. The van der Waals surface area contributed by atoms with Gasteiger partial charge in [0.2, 0.25) is 0 Å². The van der Waals surface area contributed by atoms with E-state index in [2.05, 4.69) is 102 Å². The second-order valence-corrected chi connectivity index (χ2v) is 6.52. The zero-order chi connectivity index (χ0) is 17.3. The van der Waals surface area contributed by atoms with Crippen LogP contribution in [0.3, 0.4) is 0 Å². The van der Waals surface area contributed by atoms with Gasteiger partial charge in [-0.1, -0.05) is 84.9 Å². The smallest absolute Gasteiger partial charge is 0.142 e. The lowest BCUT2D eigenvalue weighted by Gasteiger charge is -2.11. The fourth-order valence-corrected chi connectivity index (χ4v) is 3.63. The van der Waals surface area contributed by atoms with E-state index in [-0.39, 0.29) is 0 Å². The Labute approximate surface area is 152 Å². The maximum Gasteiger partial charge on any atom is 0.142 e. The van der Waals surface area contributed by atoms with E-state index in [9.17, 15) is 0 Å². The third-order valence-corrected chi connectivity index (χ3v) is 4.87. The first-order chi connectivity index (χ1) is 12.9. The quantitative estimate of drug-likeness (QED) is 0.401. The van der Waals surface area contributed by atoms with Crippen molar-refractivity contribution in [3.8, 4) is 11.4 Å². The molecule has 124 valence electrons. The topological polar surface area (TPSA) is 17.8 Å². The van der Waals surface area contributed by atoms with Gasteiger partial charge in [-0.3, -0.25) is 0 Å². The molecule has 0 N–H and O–H groups in total. The minimum absolute atomic E-state index is 0.805. The molecular formula is C24H18N2. The molecule has 5 aromatic rings. The van der Waals surface area contributed by atoms with Gasteiger partial charge in [0.15, 0.2) is 0 Å². The summed E-state index contributed by atoms with van der Waals surface area (Å²) in [7, 11) is 0. The Bertz CT molecular complexity index is 1200. The van der Waals surface area contributed by atoms with Gasteiger partial charge in [0, 0.05) is 12.1 Å². The summed E-state index contributed by atoms with van der Waals surface area (Å²) in [5.74, 6) is 1.02. The Morgan fingerprint density at radius 2 is 1.38 bits per heavy atom. The molecule has 0 saturated heterocycles. The number of nitrogens with zero attached hydrogens (tertiary/aromatic N) is 2. The van der Waals surface area contributed by atoms with Gasteiger partial charge in [-0.05, 0) is 28.5 Å². The van der Waals surface area contributed by atoms with E-state index in [0.717, 1.165) is 17.9 Å². The summed E-state index contributed by atoms with van der Waals surface area (Å²) in [6.45, 7) is 0.805. The number of para-hydroxylation sites is 2. The SMILES string of the molecule is c1ccc(Cn2c(-c3cccc4ccccc34)nc3ccccc32)cc1. The highest BCUT2D eigenvalue weighted by Crippen LogP contribution is 2.31. The number of hydrogen-bond donors (Lipinski definition) is 0. The lowest BCUT2D eigenvalue weighted by Crippen LogP contribution is -2.02. The van der Waals surface area contributed by atoms with Crippen LogP contribution in [0.25, 0.3) is 33.2 Å². The Balaban J connectivity index is 1.78. The van der Waals surface area contributed by atoms with Gasteiger partial charge in [0.05, 0.1) is 11.0 Å². The van der Waals surface area contributed by atoms with Crippen LogP contribution in [-0.2, 0) is 6.54 Å². The molecule has 0 aliphatic rings. The van der Waals surface area contributed by atoms with E-state index in [1.165, 1.54) is 27.4 Å². The highest BCUT2D eigenvalue weighted by atomic mass is 15.1. The van der Waals surface area contributed by atoms with Crippen LogP contribution in [0.2, 0.25) is 0 Å². The van der Waals surface area contributed by atoms with Gasteiger partial charge >= 0.3 is 0 Å². The van der Waals surface area contributed by atoms with Crippen molar-refractivity contribution in [3.63, 3.8) is 0 Å². The molecule has 2 heteroatoms.